The number of para-hydroxylation sites is 1. The van der Waals surface area contributed by atoms with Crippen LogP contribution in [0.1, 0.15) is 116 Å². The van der Waals surface area contributed by atoms with Gasteiger partial charge in [-0.05, 0) is 139 Å². The minimum atomic E-state index is -0.432. The molecule has 336 valence electrons. The molecule has 0 aliphatic heterocycles. The van der Waals surface area contributed by atoms with Crippen LogP contribution in [0.25, 0.3) is 83.9 Å². The average Bonchev–Trinajstić information content (AvgIpc) is 3.74. The van der Waals surface area contributed by atoms with Crippen LogP contribution in [0.4, 0.5) is 0 Å². The lowest BCUT2D eigenvalue weighted by Crippen LogP contribution is -2.11. The minimum Gasteiger partial charge on any atom is -0.507 e. The number of aromatic hydroxyl groups is 1. The largest absolute Gasteiger partial charge is 0.507 e. The van der Waals surface area contributed by atoms with Gasteiger partial charge in [0.15, 0.2) is 0 Å². The number of phenolic OH excluding ortho intramolecular Hbond substituents is 1. The number of benzene rings is 7. The molecule has 9 aromatic rings. The molecule has 0 bridgehead atoms. The highest BCUT2D eigenvalue weighted by atomic mass is 16.3. The molecule has 4 heteroatoms. The Bertz CT molecular complexity index is 3530. The lowest BCUT2D eigenvalue weighted by molar-refractivity contribution is 0.466. The van der Waals surface area contributed by atoms with Crippen molar-refractivity contribution in [3.63, 3.8) is 0 Å². The van der Waals surface area contributed by atoms with Crippen LogP contribution in [-0.2, 0) is 10.8 Å². The van der Waals surface area contributed by atoms with E-state index in [4.69, 9.17) is 16.8 Å². The fourth-order valence-corrected chi connectivity index (χ4v) is 9.07. The zero-order chi connectivity index (χ0) is 51.7. The van der Waals surface area contributed by atoms with Gasteiger partial charge in [0.1, 0.15) is 11.6 Å². The van der Waals surface area contributed by atoms with Crippen molar-refractivity contribution in [3.8, 4) is 78.6 Å². The lowest BCUT2D eigenvalue weighted by Gasteiger charge is -2.22. The van der Waals surface area contributed by atoms with Crippen LogP contribution in [-0.4, -0.2) is 19.6 Å². The molecule has 0 radical (unpaired) electrons. The van der Waals surface area contributed by atoms with Crippen molar-refractivity contribution in [2.75, 3.05) is 0 Å². The number of phenols is 1. The highest BCUT2D eigenvalue weighted by molar-refractivity contribution is 5.98. The Kier molecular flexibility index (Phi) is 10.3. The number of rotatable bonds is 9. The molecule has 0 amide bonds. The third-order valence-electron chi connectivity index (χ3n) is 13.1. The summed E-state index contributed by atoms with van der Waals surface area (Å²) >= 11 is 0. The number of nitrogens with zero attached hydrogens (tertiary/aromatic N) is 3. The molecule has 0 fully saturated rings. The molecule has 0 saturated heterocycles. The molecule has 67 heavy (non-hydrogen) atoms. The van der Waals surface area contributed by atoms with E-state index in [1.54, 1.807) is 18.3 Å². The summed E-state index contributed by atoms with van der Waals surface area (Å²) in [6.07, 6.45) is 1.63. The van der Waals surface area contributed by atoms with Crippen LogP contribution in [0.5, 0.6) is 5.75 Å². The first-order chi connectivity index (χ1) is 34.0. The third kappa shape index (κ3) is 8.86. The van der Waals surface area contributed by atoms with Crippen LogP contribution < -0.4 is 0 Å². The van der Waals surface area contributed by atoms with E-state index < -0.39 is 6.04 Å². The van der Waals surface area contributed by atoms with Crippen LogP contribution in [0.15, 0.2) is 164 Å². The molecule has 0 aliphatic carbocycles. The second-order valence-corrected chi connectivity index (χ2v) is 20.6. The van der Waals surface area contributed by atoms with Gasteiger partial charge in [-0.2, -0.15) is 0 Å². The lowest BCUT2D eigenvalue weighted by atomic mass is 9.83. The second-order valence-electron chi connectivity index (χ2n) is 20.6. The first-order valence-electron chi connectivity index (χ1n) is 25.9. The Morgan fingerprint density at radius 1 is 0.552 bits per heavy atom. The smallest absolute Gasteiger partial charge is 0.149 e. The van der Waals surface area contributed by atoms with Crippen LogP contribution in [0.2, 0.25) is 0 Å². The van der Waals surface area contributed by atoms with E-state index in [1.807, 2.05) is 6.07 Å². The van der Waals surface area contributed by atoms with Crippen molar-refractivity contribution in [2.24, 2.45) is 0 Å². The van der Waals surface area contributed by atoms with Gasteiger partial charge in [-0.15, -0.1) is 0 Å². The molecule has 7 aromatic carbocycles. The number of aromatic nitrogens is 3. The van der Waals surface area contributed by atoms with Gasteiger partial charge in [0.25, 0.3) is 0 Å². The SMILES string of the molecule is [2H]c1c([2H])c([2H])c(-c2ccnc(-c3cc(-c4cccc5c4nc(-c4cc(C(C)C)cc(C(C)C)c4O)n5-c4cc(C)c(-c5ccc(C(C)(C)C)cc5)cc4-c4ccccc4)cc(C(C)(C)C)c3)c2)c([2H])c1[2H]. The number of pyridine rings is 1. The molecule has 4 nitrogen and oxygen atoms in total. The predicted octanol–water partition coefficient (Wildman–Crippen LogP) is 17.3. The summed E-state index contributed by atoms with van der Waals surface area (Å²) in [5, 5.41) is 12.5. The van der Waals surface area contributed by atoms with Crippen molar-refractivity contribution >= 4 is 11.0 Å². The summed E-state index contributed by atoms with van der Waals surface area (Å²) < 4.78 is 44.7. The highest BCUT2D eigenvalue weighted by Gasteiger charge is 2.27. The fourth-order valence-electron chi connectivity index (χ4n) is 9.07. The zero-order valence-electron chi connectivity index (χ0n) is 45.6. The number of aryl methyl sites for hydroxylation is 1. The van der Waals surface area contributed by atoms with Gasteiger partial charge in [0, 0.05) is 22.9 Å². The summed E-state index contributed by atoms with van der Waals surface area (Å²) in [6.45, 7) is 24.0. The molecule has 1 N–H and O–H groups in total. The van der Waals surface area contributed by atoms with Gasteiger partial charge in [-0.1, -0.05) is 178 Å². The Morgan fingerprint density at radius 3 is 1.91 bits per heavy atom. The summed E-state index contributed by atoms with van der Waals surface area (Å²) in [5.41, 5.74) is 16.5. The monoisotopic (exact) mass is 883 g/mol. The van der Waals surface area contributed by atoms with Gasteiger partial charge in [-0.3, -0.25) is 9.55 Å². The standard InChI is InChI=1S/C63H63N3O/c1-39(2)46-35-52(40(3)4)60(67)55(36-46)61-65-59-51(47-32-48(34-50(33-47)63(9,10)11)56-37-45(29-30-64-56)42-19-14-12-15-20-42)23-18-24-57(59)66(61)58-31-41(5)53(38-54(58)43-21-16-13-17-22-43)44-25-27-49(28-26-44)62(6,7)8/h12-40,67H,1-11H3/i12D,14D,15D,19D,20D. The van der Waals surface area contributed by atoms with Gasteiger partial charge in [-0.25, -0.2) is 4.98 Å². The van der Waals surface area contributed by atoms with Gasteiger partial charge < -0.3 is 5.11 Å². The summed E-state index contributed by atoms with van der Waals surface area (Å²) in [7, 11) is 0. The molecule has 0 spiro atoms. The average molecular weight is 883 g/mol. The second kappa shape index (κ2) is 17.6. The molecule has 9 rings (SSSR count). The fraction of sp³-hybridized carbons (Fsp3) is 0.238. The maximum absolute atomic E-state index is 12.5. The van der Waals surface area contributed by atoms with Crippen molar-refractivity contribution < 1.29 is 12.0 Å². The van der Waals surface area contributed by atoms with Crippen molar-refractivity contribution in [3.05, 3.63) is 192 Å². The van der Waals surface area contributed by atoms with Gasteiger partial charge in [0.05, 0.1) is 34.8 Å². The molecule has 2 heterocycles. The Morgan fingerprint density at radius 2 is 1.24 bits per heavy atom. The molecular weight excluding hydrogens is 815 g/mol. The molecule has 0 saturated carbocycles. The summed E-state index contributed by atoms with van der Waals surface area (Å²) in [6, 6.07) is 42.7. The first-order valence-corrected chi connectivity index (χ1v) is 23.4. The topological polar surface area (TPSA) is 50.9 Å². The number of fused-ring (bicyclic) bond motifs is 1. The van der Waals surface area contributed by atoms with E-state index in [-0.39, 0.29) is 58.1 Å². The number of imidazole rings is 1. The van der Waals surface area contributed by atoms with Gasteiger partial charge >= 0.3 is 0 Å². The van der Waals surface area contributed by atoms with Crippen LogP contribution in [0, 0.1) is 6.92 Å². The molecule has 2 aromatic heterocycles. The quantitative estimate of drug-likeness (QED) is 0.157. The molecule has 0 unspecified atom stereocenters. The molecule has 0 aliphatic rings. The van der Waals surface area contributed by atoms with Crippen LogP contribution in [0.3, 0.4) is 0 Å². The predicted molar refractivity (Wildman–Crippen MR) is 283 cm³/mol. The summed E-state index contributed by atoms with van der Waals surface area (Å²) in [4.78, 5) is 10.5. The molecule has 0 atom stereocenters. The van der Waals surface area contributed by atoms with Crippen molar-refractivity contribution in [2.45, 2.75) is 98.8 Å². The summed E-state index contributed by atoms with van der Waals surface area (Å²) in [5.74, 6) is 1.07. The number of hydrogen-bond acceptors (Lipinski definition) is 3. The Hall–Kier alpha value is -7.04. The maximum atomic E-state index is 12.5. The van der Waals surface area contributed by atoms with Crippen molar-refractivity contribution in [1.82, 2.24) is 14.5 Å². The Labute approximate surface area is 405 Å². The van der Waals surface area contributed by atoms with E-state index in [0.717, 1.165) is 77.9 Å². The van der Waals surface area contributed by atoms with Crippen LogP contribution >= 0.6 is 0 Å². The third-order valence-corrected chi connectivity index (χ3v) is 13.1. The number of hydrogen-bond donors (Lipinski definition) is 1. The normalized spacial score (nSPS) is 13.2. The highest BCUT2D eigenvalue weighted by Crippen LogP contribution is 2.45. The zero-order valence-corrected chi connectivity index (χ0v) is 40.6. The van der Waals surface area contributed by atoms with E-state index in [1.165, 1.54) is 5.56 Å². The van der Waals surface area contributed by atoms with E-state index >= 15 is 0 Å². The minimum absolute atomic E-state index is 0.0211. The van der Waals surface area contributed by atoms with E-state index in [2.05, 4.69) is 190 Å². The van der Waals surface area contributed by atoms with E-state index in [9.17, 15) is 5.11 Å². The van der Waals surface area contributed by atoms with Gasteiger partial charge in [0.2, 0.25) is 0 Å². The molecular formula is C63H63N3O. The maximum Gasteiger partial charge on any atom is 0.149 e. The van der Waals surface area contributed by atoms with Crippen molar-refractivity contribution in [1.29, 1.82) is 0 Å². The van der Waals surface area contributed by atoms with E-state index in [0.29, 0.717) is 22.6 Å². The Balaban J connectivity index is 1.34. The first kappa shape index (κ1) is 39.2.